The van der Waals surface area contributed by atoms with Gasteiger partial charge in [-0.25, -0.2) is 4.79 Å². The molecular formula is C18H20O4. The molecule has 0 spiro atoms. The number of rotatable bonds is 6. The number of hydrogen-bond donors (Lipinski definition) is 2. The Balaban J connectivity index is 2.25. The molecule has 4 heteroatoms. The van der Waals surface area contributed by atoms with Gasteiger partial charge in [-0.15, -0.1) is 0 Å². The van der Waals surface area contributed by atoms with Gasteiger partial charge < -0.3 is 14.9 Å². The first-order valence-electron chi connectivity index (χ1n) is 7.44. The molecular weight excluding hydrogens is 280 g/mol. The summed E-state index contributed by atoms with van der Waals surface area (Å²) in [5, 5.41) is 19.7. The van der Waals surface area contributed by atoms with Crippen LogP contribution in [0.25, 0.3) is 0 Å². The number of benzene rings is 2. The van der Waals surface area contributed by atoms with E-state index in [1.165, 1.54) is 12.1 Å². The largest absolute Gasteiger partial charge is 0.504 e. The zero-order chi connectivity index (χ0) is 15.9. The lowest BCUT2D eigenvalue weighted by Crippen LogP contribution is -2.11. The number of hydrogen-bond acceptors (Lipinski definition) is 4. The number of aromatic hydroxyl groups is 2. The number of ether oxygens (including phenoxy) is 1. The molecule has 0 heterocycles. The zero-order valence-corrected chi connectivity index (χ0v) is 12.6. The second kappa shape index (κ2) is 7.50. The number of esters is 1. The maximum absolute atomic E-state index is 12.3. The van der Waals surface area contributed by atoms with E-state index in [0.717, 1.165) is 19.3 Å². The van der Waals surface area contributed by atoms with Crippen molar-refractivity contribution in [1.82, 2.24) is 0 Å². The molecule has 4 nitrogen and oxygen atoms in total. The van der Waals surface area contributed by atoms with E-state index in [1.807, 2.05) is 6.07 Å². The molecule has 0 amide bonds. The van der Waals surface area contributed by atoms with E-state index < -0.39 is 5.97 Å². The van der Waals surface area contributed by atoms with E-state index in [9.17, 15) is 15.0 Å². The monoisotopic (exact) mass is 300 g/mol. The van der Waals surface area contributed by atoms with Crippen LogP contribution in [-0.4, -0.2) is 16.2 Å². The number of phenolic OH excluding ortho intramolecular Hbond substituents is 2. The highest BCUT2D eigenvalue weighted by Gasteiger charge is 2.19. The summed E-state index contributed by atoms with van der Waals surface area (Å²) in [5.41, 5.74) is 0.727. The summed E-state index contributed by atoms with van der Waals surface area (Å²) in [4.78, 5) is 12.3. The summed E-state index contributed by atoms with van der Waals surface area (Å²) in [5.74, 6) is -0.547. The van der Waals surface area contributed by atoms with Crippen molar-refractivity contribution in [3.63, 3.8) is 0 Å². The molecule has 0 unspecified atom stereocenters. The Hall–Kier alpha value is -2.49. The van der Waals surface area contributed by atoms with Crippen molar-refractivity contribution in [3.05, 3.63) is 53.6 Å². The summed E-state index contributed by atoms with van der Waals surface area (Å²) in [6.07, 6.45) is 3.37. The van der Waals surface area contributed by atoms with Crippen molar-refractivity contribution in [1.29, 1.82) is 0 Å². The molecule has 0 aliphatic heterocycles. The second-order valence-electron chi connectivity index (χ2n) is 5.12. The van der Waals surface area contributed by atoms with Gasteiger partial charge in [0.15, 0.2) is 11.5 Å². The van der Waals surface area contributed by atoms with Gasteiger partial charge in [0.25, 0.3) is 0 Å². The maximum Gasteiger partial charge on any atom is 0.343 e. The lowest BCUT2D eigenvalue weighted by molar-refractivity contribution is 0.0733. The smallest absolute Gasteiger partial charge is 0.343 e. The molecule has 0 bridgehead atoms. The third-order valence-corrected chi connectivity index (χ3v) is 3.47. The van der Waals surface area contributed by atoms with Gasteiger partial charge >= 0.3 is 5.97 Å². The normalized spacial score (nSPS) is 10.4. The lowest BCUT2D eigenvalue weighted by Gasteiger charge is -2.12. The molecule has 2 aromatic carbocycles. The second-order valence-corrected chi connectivity index (χ2v) is 5.12. The van der Waals surface area contributed by atoms with Crippen LogP contribution in [0.1, 0.15) is 42.1 Å². The lowest BCUT2D eigenvalue weighted by atomic mass is 9.99. The van der Waals surface area contributed by atoms with Gasteiger partial charge in [-0.2, -0.15) is 0 Å². The van der Waals surface area contributed by atoms with Crippen molar-refractivity contribution in [2.24, 2.45) is 0 Å². The van der Waals surface area contributed by atoms with Gasteiger partial charge in [-0.05, 0) is 37.1 Å². The molecule has 0 radical (unpaired) electrons. The van der Waals surface area contributed by atoms with Gasteiger partial charge in [0.2, 0.25) is 0 Å². The van der Waals surface area contributed by atoms with E-state index in [1.54, 1.807) is 24.3 Å². The number of carbonyl (C=O) groups excluding carboxylic acids is 1. The quantitative estimate of drug-likeness (QED) is 0.365. The fourth-order valence-electron chi connectivity index (χ4n) is 2.27. The molecule has 0 fully saturated rings. The summed E-state index contributed by atoms with van der Waals surface area (Å²) in [6.45, 7) is 2.08. The first-order valence-corrected chi connectivity index (χ1v) is 7.44. The molecule has 2 rings (SSSR count). The molecule has 0 atom stereocenters. The predicted molar refractivity (Wildman–Crippen MR) is 84.4 cm³/mol. The van der Waals surface area contributed by atoms with Crippen LogP contribution in [0.15, 0.2) is 42.5 Å². The van der Waals surface area contributed by atoms with Crippen LogP contribution >= 0.6 is 0 Å². The summed E-state index contributed by atoms with van der Waals surface area (Å²) >= 11 is 0. The van der Waals surface area contributed by atoms with Crippen LogP contribution in [0.5, 0.6) is 17.2 Å². The minimum Gasteiger partial charge on any atom is -0.504 e. The van der Waals surface area contributed by atoms with Crippen LogP contribution in [0, 0.1) is 0 Å². The van der Waals surface area contributed by atoms with Crippen LogP contribution in [0.2, 0.25) is 0 Å². The third-order valence-electron chi connectivity index (χ3n) is 3.47. The zero-order valence-electron chi connectivity index (χ0n) is 12.6. The number of para-hydroxylation sites is 1. The SMILES string of the molecule is CCCCCc1c(C(=O)Oc2ccccc2)ccc(O)c1O. The van der Waals surface area contributed by atoms with E-state index in [2.05, 4.69) is 6.92 Å². The standard InChI is InChI=1S/C18H20O4/c1-2-3-5-10-14-15(11-12-16(19)17(14)20)18(21)22-13-8-6-4-7-9-13/h4,6-9,11-12,19-20H,2-3,5,10H2,1H3. The summed E-state index contributed by atoms with van der Waals surface area (Å²) < 4.78 is 5.31. The maximum atomic E-state index is 12.3. The minimum absolute atomic E-state index is 0.220. The Morgan fingerprint density at radius 3 is 2.45 bits per heavy atom. The summed E-state index contributed by atoms with van der Waals surface area (Å²) in [7, 11) is 0. The van der Waals surface area contributed by atoms with E-state index in [0.29, 0.717) is 17.7 Å². The number of phenols is 2. The average molecular weight is 300 g/mol. The van der Waals surface area contributed by atoms with E-state index in [-0.39, 0.29) is 17.1 Å². The highest BCUT2D eigenvalue weighted by molar-refractivity contribution is 5.93. The Bertz CT molecular complexity index is 635. The molecule has 0 saturated carbocycles. The summed E-state index contributed by atoms with van der Waals surface area (Å²) in [6, 6.07) is 11.6. The van der Waals surface area contributed by atoms with Gasteiger partial charge in [0.1, 0.15) is 5.75 Å². The minimum atomic E-state index is -0.534. The molecule has 2 N–H and O–H groups in total. The molecule has 0 saturated heterocycles. The van der Waals surface area contributed by atoms with Gasteiger partial charge in [0, 0.05) is 5.56 Å². The fourth-order valence-corrected chi connectivity index (χ4v) is 2.27. The third kappa shape index (κ3) is 3.79. The molecule has 0 aliphatic carbocycles. The van der Waals surface area contributed by atoms with Gasteiger partial charge in [-0.3, -0.25) is 0 Å². The van der Waals surface area contributed by atoms with Crippen molar-refractivity contribution in [3.8, 4) is 17.2 Å². The van der Waals surface area contributed by atoms with Crippen molar-refractivity contribution < 1.29 is 19.7 Å². The molecule has 0 aromatic heterocycles. The van der Waals surface area contributed by atoms with E-state index in [4.69, 9.17) is 4.74 Å². The van der Waals surface area contributed by atoms with Crippen molar-refractivity contribution in [2.45, 2.75) is 32.6 Å². The Morgan fingerprint density at radius 1 is 1.05 bits per heavy atom. The average Bonchev–Trinajstić information content (AvgIpc) is 2.52. The van der Waals surface area contributed by atoms with Gasteiger partial charge in [0.05, 0.1) is 5.56 Å². The molecule has 0 aliphatic rings. The molecule has 2 aromatic rings. The highest BCUT2D eigenvalue weighted by atomic mass is 16.5. The first kappa shape index (κ1) is 15.9. The first-order chi connectivity index (χ1) is 10.6. The fraction of sp³-hybridized carbons (Fsp3) is 0.278. The molecule has 22 heavy (non-hydrogen) atoms. The highest BCUT2D eigenvalue weighted by Crippen LogP contribution is 2.33. The Kier molecular flexibility index (Phi) is 5.42. The van der Waals surface area contributed by atoms with E-state index >= 15 is 0 Å². The number of unbranched alkanes of at least 4 members (excludes halogenated alkanes) is 2. The number of carbonyl (C=O) groups is 1. The predicted octanol–water partition coefficient (Wildman–Crippen LogP) is 4.05. The van der Waals surface area contributed by atoms with Crippen LogP contribution in [0.3, 0.4) is 0 Å². The van der Waals surface area contributed by atoms with Crippen molar-refractivity contribution >= 4 is 5.97 Å². The van der Waals surface area contributed by atoms with Crippen molar-refractivity contribution in [2.75, 3.05) is 0 Å². The van der Waals surface area contributed by atoms with Gasteiger partial charge in [-0.1, -0.05) is 38.0 Å². The topological polar surface area (TPSA) is 66.8 Å². The Morgan fingerprint density at radius 2 is 1.77 bits per heavy atom. The molecule has 116 valence electrons. The van der Waals surface area contributed by atoms with Crippen LogP contribution in [-0.2, 0) is 6.42 Å². The van der Waals surface area contributed by atoms with Crippen LogP contribution < -0.4 is 4.74 Å². The van der Waals surface area contributed by atoms with Crippen LogP contribution in [0.4, 0.5) is 0 Å². The Labute approximate surface area is 130 Å².